The number of hydrogen-bond acceptors (Lipinski definition) is 6. The van der Waals surface area contributed by atoms with E-state index in [-0.39, 0.29) is 16.7 Å². The van der Waals surface area contributed by atoms with Gasteiger partial charge in [-0.3, -0.25) is 15.1 Å². The molecule has 1 saturated heterocycles. The summed E-state index contributed by atoms with van der Waals surface area (Å²) in [5.74, 6) is 0.837. The van der Waals surface area contributed by atoms with Crippen LogP contribution in [-0.2, 0) is 6.42 Å². The third-order valence-corrected chi connectivity index (χ3v) is 4.88. The first kappa shape index (κ1) is 15.7. The fourth-order valence-corrected chi connectivity index (χ4v) is 3.44. The van der Waals surface area contributed by atoms with Gasteiger partial charge in [0.15, 0.2) is 0 Å². The van der Waals surface area contributed by atoms with Crippen LogP contribution in [0.1, 0.15) is 29.7 Å². The molecule has 2 aliphatic rings. The molecule has 0 spiro atoms. The van der Waals surface area contributed by atoms with Crippen LogP contribution in [0.5, 0.6) is 0 Å². The normalized spacial score (nSPS) is 17.3. The molecule has 1 aliphatic heterocycles. The second-order valence-corrected chi connectivity index (χ2v) is 6.51. The van der Waals surface area contributed by atoms with Crippen LogP contribution in [0.15, 0.2) is 36.7 Å². The van der Waals surface area contributed by atoms with Crippen molar-refractivity contribution in [3.63, 3.8) is 0 Å². The largest absolute Gasteiger partial charge is 0.355 e. The maximum Gasteiger partial charge on any atom is 0.270 e. The van der Waals surface area contributed by atoms with Crippen LogP contribution in [0, 0.1) is 10.1 Å². The van der Waals surface area contributed by atoms with Crippen molar-refractivity contribution in [2.24, 2.45) is 5.73 Å². The van der Waals surface area contributed by atoms with Crippen LogP contribution in [0.2, 0.25) is 0 Å². The Bertz CT molecular complexity index is 856. The summed E-state index contributed by atoms with van der Waals surface area (Å²) in [4.78, 5) is 22.0. The van der Waals surface area contributed by atoms with Gasteiger partial charge in [0.05, 0.1) is 23.0 Å². The van der Waals surface area contributed by atoms with E-state index in [0.717, 1.165) is 60.6 Å². The summed E-state index contributed by atoms with van der Waals surface area (Å²) in [5, 5.41) is 11.1. The van der Waals surface area contributed by atoms with E-state index < -0.39 is 0 Å². The zero-order chi connectivity index (χ0) is 17.4. The summed E-state index contributed by atoms with van der Waals surface area (Å²) in [7, 11) is 0. The Morgan fingerprint density at radius 3 is 2.80 bits per heavy atom. The number of benzene rings is 1. The highest BCUT2D eigenvalue weighted by Gasteiger charge is 2.22. The van der Waals surface area contributed by atoms with Crippen LogP contribution >= 0.6 is 0 Å². The lowest BCUT2D eigenvalue weighted by Gasteiger charge is -2.31. The van der Waals surface area contributed by atoms with Crippen molar-refractivity contribution in [2.45, 2.75) is 25.3 Å². The minimum absolute atomic E-state index is 0.0979. The molecule has 1 aromatic heterocycles. The number of hydrogen-bond donors (Lipinski definition) is 1. The highest BCUT2D eigenvalue weighted by Crippen LogP contribution is 2.34. The van der Waals surface area contributed by atoms with E-state index in [1.54, 1.807) is 24.5 Å². The molecule has 2 heterocycles. The maximum atomic E-state index is 11.1. The van der Waals surface area contributed by atoms with Crippen molar-refractivity contribution >= 4 is 17.1 Å². The lowest BCUT2D eigenvalue weighted by Crippen LogP contribution is -2.40. The summed E-state index contributed by atoms with van der Waals surface area (Å²) < 4.78 is 0. The molecule has 0 unspecified atom stereocenters. The third-order valence-electron chi connectivity index (χ3n) is 4.88. The monoisotopic (exact) mass is 337 g/mol. The van der Waals surface area contributed by atoms with Gasteiger partial charge in [0.25, 0.3) is 5.69 Å². The van der Waals surface area contributed by atoms with Crippen molar-refractivity contribution in [2.75, 3.05) is 18.0 Å². The third kappa shape index (κ3) is 2.98. The van der Waals surface area contributed by atoms with Crippen molar-refractivity contribution in [1.29, 1.82) is 0 Å². The number of anilines is 1. The van der Waals surface area contributed by atoms with E-state index in [0.29, 0.717) is 0 Å². The fourth-order valence-electron chi connectivity index (χ4n) is 3.44. The average Bonchev–Trinajstić information content (AvgIpc) is 3.05. The van der Waals surface area contributed by atoms with E-state index >= 15 is 0 Å². The molecule has 4 rings (SSSR count). The number of piperidine rings is 1. The van der Waals surface area contributed by atoms with E-state index in [9.17, 15) is 10.1 Å². The smallest absolute Gasteiger partial charge is 0.270 e. The maximum absolute atomic E-state index is 11.1. The van der Waals surface area contributed by atoms with Crippen molar-refractivity contribution in [3.8, 4) is 0 Å². The molecule has 1 aliphatic carbocycles. The minimum Gasteiger partial charge on any atom is -0.355 e. The zero-order valence-electron chi connectivity index (χ0n) is 13.8. The Balaban J connectivity index is 1.65. The minimum atomic E-state index is -0.366. The first-order chi connectivity index (χ1) is 12.1. The topological polar surface area (TPSA) is 98.2 Å². The van der Waals surface area contributed by atoms with Crippen LogP contribution < -0.4 is 10.6 Å². The second-order valence-electron chi connectivity index (χ2n) is 6.51. The Kier molecular flexibility index (Phi) is 3.93. The number of non-ortho nitro benzene ring substituents is 1. The SMILES string of the molecule is NC1CCN(c2cncc(C3=CCc4ccc([N+](=O)[O-])cc43)n2)CC1. The number of nitrogens with two attached hydrogens (primary N) is 1. The molecular formula is C18H19N5O2. The molecule has 128 valence electrons. The van der Waals surface area contributed by atoms with Gasteiger partial charge in [-0.2, -0.15) is 0 Å². The number of nitro groups is 1. The molecule has 7 nitrogen and oxygen atoms in total. The zero-order valence-corrected chi connectivity index (χ0v) is 13.8. The van der Waals surface area contributed by atoms with Gasteiger partial charge in [0, 0.05) is 36.8 Å². The molecule has 2 N–H and O–H groups in total. The van der Waals surface area contributed by atoms with E-state index in [2.05, 4.69) is 16.0 Å². The summed E-state index contributed by atoms with van der Waals surface area (Å²) in [6, 6.07) is 5.26. The number of nitro benzene ring substituents is 1. The van der Waals surface area contributed by atoms with Gasteiger partial charge in [0.1, 0.15) is 5.82 Å². The number of allylic oxidation sites excluding steroid dienone is 1. The fraction of sp³-hybridized carbons (Fsp3) is 0.333. The molecule has 2 aromatic rings. The predicted octanol–water partition coefficient (Wildman–Crippen LogP) is 2.30. The number of nitrogens with zero attached hydrogens (tertiary/aromatic N) is 4. The number of aromatic nitrogens is 2. The van der Waals surface area contributed by atoms with Crippen molar-refractivity contribution in [1.82, 2.24) is 9.97 Å². The molecule has 0 radical (unpaired) electrons. The average molecular weight is 337 g/mol. The first-order valence-corrected chi connectivity index (χ1v) is 8.42. The quantitative estimate of drug-likeness (QED) is 0.681. The van der Waals surface area contributed by atoms with Gasteiger partial charge in [-0.05, 0) is 30.4 Å². The molecule has 0 saturated carbocycles. The van der Waals surface area contributed by atoms with Gasteiger partial charge in [0.2, 0.25) is 0 Å². The standard InChI is InChI=1S/C18H19N5O2/c19-13-5-7-22(8-6-13)18-11-20-10-17(21-18)15-4-2-12-1-3-14(23(24)25)9-16(12)15/h1,3-4,9-11,13H,2,5-8,19H2. The van der Waals surface area contributed by atoms with Gasteiger partial charge in [-0.1, -0.05) is 12.1 Å². The van der Waals surface area contributed by atoms with Crippen molar-refractivity contribution in [3.05, 3.63) is 63.6 Å². The lowest BCUT2D eigenvalue weighted by atomic mass is 10.0. The van der Waals surface area contributed by atoms with E-state index in [1.165, 1.54) is 0 Å². The van der Waals surface area contributed by atoms with Crippen LogP contribution in [0.25, 0.3) is 5.57 Å². The van der Waals surface area contributed by atoms with Crippen LogP contribution in [-0.4, -0.2) is 34.0 Å². The van der Waals surface area contributed by atoms with Crippen LogP contribution in [0.3, 0.4) is 0 Å². The Morgan fingerprint density at radius 1 is 1.24 bits per heavy atom. The van der Waals surface area contributed by atoms with Gasteiger partial charge in [-0.25, -0.2) is 4.98 Å². The second kappa shape index (κ2) is 6.25. The summed E-state index contributed by atoms with van der Waals surface area (Å²) in [6.45, 7) is 1.75. The Hall–Kier alpha value is -2.80. The molecule has 0 atom stereocenters. The lowest BCUT2D eigenvalue weighted by molar-refractivity contribution is -0.384. The van der Waals surface area contributed by atoms with E-state index in [4.69, 9.17) is 10.7 Å². The molecule has 7 heteroatoms. The van der Waals surface area contributed by atoms with Gasteiger partial charge in [-0.15, -0.1) is 0 Å². The highest BCUT2D eigenvalue weighted by atomic mass is 16.6. The highest BCUT2D eigenvalue weighted by molar-refractivity contribution is 5.84. The molecule has 0 amide bonds. The molecule has 25 heavy (non-hydrogen) atoms. The van der Waals surface area contributed by atoms with Crippen molar-refractivity contribution < 1.29 is 4.92 Å². The van der Waals surface area contributed by atoms with Gasteiger partial charge < -0.3 is 10.6 Å². The predicted molar refractivity (Wildman–Crippen MR) is 95.3 cm³/mol. The molecule has 1 aromatic carbocycles. The molecular weight excluding hydrogens is 318 g/mol. The first-order valence-electron chi connectivity index (χ1n) is 8.42. The molecule has 0 bridgehead atoms. The van der Waals surface area contributed by atoms with Gasteiger partial charge >= 0.3 is 0 Å². The number of fused-ring (bicyclic) bond motifs is 1. The van der Waals surface area contributed by atoms with Crippen LogP contribution in [0.4, 0.5) is 11.5 Å². The summed E-state index contributed by atoms with van der Waals surface area (Å²) >= 11 is 0. The van der Waals surface area contributed by atoms with E-state index in [1.807, 2.05) is 6.07 Å². The number of rotatable bonds is 3. The summed E-state index contributed by atoms with van der Waals surface area (Å²) in [5.41, 5.74) is 9.70. The Morgan fingerprint density at radius 2 is 2.04 bits per heavy atom. The summed E-state index contributed by atoms with van der Waals surface area (Å²) in [6.07, 6.45) is 8.21. The molecule has 1 fully saturated rings. The Labute approximate surface area is 145 Å².